The van der Waals surface area contributed by atoms with Crippen LogP contribution in [0, 0.1) is 21.4 Å². The summed E-state index contributed by atoms with van der Waals surface area (Å²) in [4.78, 5) is 23.5. The number of hydrogen-bond donors (Lipinski definition) is 1. The van der Waals surface area contributed by atoms with Crippen LogP contribution in [0.1, 0.15) is 11.1 Å². The lowest BCUT2D eigenvalue weighted by atomic mass is 10.1. The highest BCUT2D eigenvalue weighted by molar-refractivity contribution is 6.36. The van der Waals surface area contributed by atoms with Gasteiger partial charge in [-0.05, 0) is 35.9 Å². The average molecular weight is 498 g/mol. The summed E-state index contributed by atoms with van der Waals surface area (Å²) in [6.45, 7) is 0.190. The average Bonchev–Trinajstić information content (AvgIpc) is 2.82. The number of benzene rings is 3. The molecule has 1 amide bonds. The van der Waals surface area contributed by atoms with Crippen LogP contribution < -0.4 is 14.8 Å². The van der Waals surface area contributed by atoms with E-state index >= 15 is 0 Å². The van der Waals surface area contributed by atoms with Crippen molar-refractivity contribution in [1.82, 2.24) is 0 Å². The first-order valence-corrected chi connectivity index (χ1v) is 10.5. The van der Waals surface area contributed by atoms with E-state index in [0.717, 1.165) is 11.6 Å². The monoisotopic (exact) mass is 497 g/mol. The molecule has 0 saturated carbocycles. The zero-order valence-corrected chi connectivity index (χ0v) is 19.3. The van der Waals surface area contributed by atoms with E-state index in [9.17, 15) is 20.2 Å². The van der Waals surface area contributed by atoms with Gasteiger partial charge in [0.05, 0.1) is 23.1 Å². The zero-order chi connectivity index (χ0) is 24.7. The van der Waals surface area contributed by atoms with Crippen molar-refractivity contribution < 1.29 is 19.2 Å². The number of nitro benzene ring substituents is 1. The highest BCUT2D eigenvalue weighted by atomic mass is 35.5. The smallest absolute Gasteiger partial charge is 0.296 e. The Bertz CT molecular complexity index is 1300. The van der Waals surface area contributed by atoms with Crippen molar-refractivity contribution in [1.29, 1.82) is 5.26 Å². The molecule has 0 aliphatic heterocycles. The number of nitro groups is 1. The SMILES string of the molecule is COc1ccc(NC(=O)/C(C#N)=C/c2cc(Cl)cc(Cl)c2OCc2ccccc2)c([N+](=O)[O-])c1. The summed E-state index contributed by atoms with van der Waals surface area (Å²) in [6, 6.07) is 18.0. The summed E-state index contributed by atoms with van der Waals surface area (Å²) in [6.07, 6.45) is 1.25. The molecule has 34 heavy (non-hydrogen) atoms. The van der Waals surface area contributed by atoms with Crippen LogP contribution >= 0.6 is 23.2 Å². The molecule has 8 nitrogen and oxygen atoms in total. The minimum Gasteiger partial charge on any atom is -0.496 e. The molecule has 0 aliphatic rings. The van der Waals surface area contributed by atoms with Crippen LogP contribution in [0.2, 0.25) is 10.0 Å². The molecular weight excluding hydrogens is 481 g/mol. The standard InChI is InChI=1S/C24H17Cl2N3O5/c1-33-19-7-8-21(22(12-19)29(31)32)28-24(30)17(13-27)9-16-10-18(25)11-20(26)23(16)34-14-15-5-3-2-4-6-15/h2-12H,14H2,1H3,(H,28,30)/b17-9+. The molecule has 1 N–H and O–H groups in total. The lowest BCUT2D eigenvalue weighted by Gasteiger charge is -2.13. The number of hydrogen-bond acceptors (Lipinski definition) is 6. The summed E-state index contributed by atoms with van der Waals surface area (Å²) < 4.78 is 10.8. The normalized spacial score (nSPS) is 10.8. The molecule has 172 valence electrons. The third kappa shape index (κ3) is 6.04. The van der Waals surface area contributed by atoms with Gasteiger partial charge in [0.1, 0.15) is 35.4 Å². The fourth-order valence-electron chi connectivity index (χ4n) is 2.96. The number of carbonyl (C=O) groups is 1. The van der Waals surface area contributed by atoms with Gasteiger partial charge in [-0.15, -0.1) is 0 Å². The van der Waals surface area contributed by atoms with E-state index in [1.165, 1.54) is 37.5 Å². The van der Waals surface area contributed by atoms with Crippen LogP contribution in [0.4, 0.5) is 11.4 Å². The van der Waals surface area contributed by atoms with Crippen LogP contribution in [0.25, 0.3) is 6.08 Å². The van der Waals surface area contributed by atoms with Crippen molar-refractivity contribution in [3.05, 3.63) is 97.5 Å². The van der Waals surface area contributed by atoms with Gasteiger partial charge in [-0.25, -0.2) is 0 Å². The molecule has 0 radical (unpaired) electrons. The van der Waals surface area contributed by atoms with E-state index < -0.39 is 10.8 Å². The zero-order valence-electron chi connectivity index (χ0n) is 17.7. The van der Waals surface area contributed by atoms with Gasteiger partial charge in [-0.1, -0.05) is 53.5 Å². The van der Waals surface area contributed by atoms with Crippen LogP contribution in [-0.4, -0.2) is 17.9 Å². The summed E-state index contributed by atoms with van der Waals surface area (Å²) in [5.74, 6) is -0.388. The molecule has 3 aromatic carbocycles. The molecule has 0 aliphatic carbocycles. The first-order valence-electron chi connectivity index (χ1n) is 9.73. The molecule has 0 bridgehead atoms. The Morgan fingerprint density at radius 3 is 2.56 bits per heavy atom. The van der Waals surface area contributed by atoms with E-state index in [0.29, 0.717) is 5.56 Å². The Labute approximate surface area is 205 Å². The van der Waals surface area contributed by atoms with E-state index in [4.69, 9.17) is 32.7 Å². The Balaban J connectivity index is 1.92. The second kappa shape index (κ2) is 11.2. The maximum absolute atomic E-state index is 12.8. The predicted molar refractivity (Wildman–Crippen MR) is 129 cm³/mol. The Hall–Kier alpha value is -4.06. The second-order valence-electron chi connectivity index (χ2n) is 6.84. The summed E-state index contributed by atoms with van der Waals surface area (Å²) >= 11 is 12.4. The molecule has 0 heterocycles. The van der Waals surface area contributed by atoms with Crippen molar-refractivity contribution in [2.24, 2.45) is 0 Å². The number of rotatable bonds is 8. The maximum atomic E-state index is 12.8. The highest BCUT2D eigenvalue weighted by Gasteiger charge is 2.20. The van der Waals surface area contributed by atoms with Gasteiger partial charge in [0.25, 0.3) is 11.6 Å². The van der Waals surface area contributed by atoms with Gasteiger partial charge in [-0.2, -0.15) is 5.26 Å². The highest BCUT2D eigenvalue weighted by Crippen LogP contribution is 2.35. The van der Waals surface area contributed by atoms with E-state index in [1.807, 2.05) is 30.3 Å². The number of nitrogens with zero attached hydrogens (tertiary/aromatic N) is 2. The van der Waals surface area contributed by atoms with Gasteiger partial charge in [0.2, 0.25) is 0 Å². The van der Waals surface area contributed by atoms with Crippen LogP contribution in [0.5, 0.6) is 11.5 Å². The first-order chi connectivity index (χ1) is 16.3. The number of nitriles is 1. The topological polar surface area (TPSA) is 114 Å². The van der Waals surface area contributed by atoms with E-state index in [-0.39, 0.29) is 45.1 Å². The van der Waals surface area contributed by atoms with Gasteiger partial charge >= 0.3 is 0 Å². The van der Waals surface area contributed by atoms with Gasteiger partial charge in [0, 0.05) is 10.6 Å². The van der Waals surface area contributed by atoms with Crippen molar-refractivity contribution in [2.45, 2.75) is 6.61 Å². The van der Waals surface area contributed by atoms with Crippen molar-refractivity contribution >= 4 is 46.6 Å². The van der Waals surface area contributed by atoms with E-state index in [2.05, 4.69) is 5.32 Å². The Morgan fingerprint density at radius 2 is 1.91 bits per heavy atom. The van der Waals surface area contributed by atoms with Crippen LogP contribution in [0.15, 0.2) is 66.2 Å². The lowest BCUT2D eigenvalue weighted by molar-refractivity contribution is -0.384. The van der Waals surface area contributed by atoms with Crippen LogP contribution in [0.3, 0.4) is 0 Å². The molecule has 0 unspecified atom stereocenters. The summed E-state index contributed by atoms with van der Waals surface area (Å²) in [5.41, 5.74) is 0.357. The third-order valence-electron chi connectivity index (χ3n) is 4.58. The first kappa shape index (κ1) is 24.6. The number of halogens is 2. The molecule has 3 rings (SSSR count). The quantitative estimate of drug-likeness (QED) is 0.175. The van der Waals surface area contributed by atoms with Crippen molar-refractivity contribution in [3.63, 3.8) is 0 Å². The van der Waals surface area contributed by atoms with Crippen molar-refractivity contribution in [3.8, 4) is 17.6 Å². The van der Waals surface area contributed by atoms with Gasteiger partial charge in [0.15, 0.2) is 0 Å². The molecule has 3 aromatic rings. The molecule has 0 fully saturated rings. The van der Waals surface area contributed by atoms with Gasteiger partial charge < -0.3 is 14.8 Å². The number of ether oxygens (including phenoxy) is 2. The fraction of sp³-hybridized carbons (Fsp3) is 0.0833. The van der Waals surface area contributed by atoms with Crippen LogP contribution in [-0.2, 0) is 11.4 Å². The summed E-state index contributed by atoms with van der Waals surface area (Å²) in [5, 5.41) is 23.8. The molecule has 0 atom stereocenters. The van der Waals surface area contributed by atoms with Gasteiger partial charge in [-0.3, -0.25) is 14.9 Å². The molecule has 0 aromatic heterocycles. The third-order valence-corrected chi connectivity index (χ3v) is 5.08. The second-order valence-corrected chi connectivity index (χ2v) is 7.69. The molecule has 10 heteroatoms. The van der Waals surface area contributed by atoms with Crippen molar-refractivity contribution in [2.75, 3.05) is 12.4 Å². The fourth-order valence-corrected chi connectivity index (χ4v) is 3.52. The number of methoxy groups -OCH3 is 1. The van der Waals surface area contributed by atoms with E-state index in [1.54, 1.807) is 6.07 Å². The minimum atomic E-state index is -0.860. The largest absolute Gasteiger partial charge is 0.496 e. The lowest BCUT2D eigenvalue weighted by Crippen LogP contribution is -2.14. The number of anilines is 1. The minimum absolute atomic E-state index is 0.0957. The molecule has 0 saturated heterocycles. The number of nitrogens with one attached hydrogen (secondary N) is 1. The number of amides is 1. The number of carbonyl (C=O) groups excluding carboxylic acids is 1. The Morgan fingerprint density at radius 1 is 1.18 bits per heavy atom. The molecule has 0 spiro atoms. The maximum Gasteiger partial charge on any atom is 0.296 e. The summed E-state index contributed by atoms with van der Waals surface area (Å²) in [7, 11) is 1.36. The molecular formula is C24H17Cl2N3O5. The predicted octanol–water partition coefficient (Wildman–Crippen LogP) is 6.03. The Kier molecular flexibility index (Phi) is 8.09.